The first-order valence-electron chi connectivity index (χ1n) is 10.8. The Labute approximate surface area is 193 Å². The molecular formula is C25H24N2O5S. The zero-order valence-electron chi connectivity index (χ0n) is 18.4. The summed E-state index contributed by atoms with van der Waals surface area (Å²) in [6, 6.07) is 17.0. The highest BCUT2D eigenvalue weighted by Gasteiger charge is 2.36. The van der Waals surface area contributed by atoms with Crippen molar-refractivity contribution in [1.29, 1.82) is 0 Å². The maximum Gasteiger partial charge on any atom is 0.264 e. The van der Waals surface area contributed by atoms with Crippen molar-refractivity contribution in [2.24, 2.45) is 0 Å². The maximum atomic E-state index is 13.3. The molecule has 170 valence electrons. The number of ether oxygens (including phenoxy) is 2. The lowest BCUT2D eigenvalue weighted by Gasteiger charge is -2.24. The Morgan fingerprint density at radius 1 is 0.970 bits per heavy atom. The van der Waals surface area contributed by atoms with E-state index in [0.717, 1.165) is 11.1 Å². The largest absolute Gasteiger partial charge is 0.486 e. The number of benzene rings is 3. The number of hydrogen-bond donors (Lipinski definition) is 1. The van der Waals surface area contributed by atoms with Crippen LogP contribution in [0, 0.1) is 6.92 Å². The van der Waals surface area contributed by atoms with Crippen LogP contribution in [0.5, 0.6) is 11.5 Å². The van der Waals surface area contributed by atoms with Crippen LogP contribution in [0.2, 0.25) is 0 Å². The SMILES string of the molecule is Cc1ccc(S(=O)(=O)N2c3ccc(C(=O)Nc4ccc5c(c4)OCCO5)cc3C[C@H]2C)cc1. The number of carbonyl (C=O) groups is 1. The van der Waals surface area contributed by atoms with E-state index in [4.69, 9.17) is 9.47 Å². The van der Waals surface area contributed by atoms with Crippen molar-refractivity contribution in [2.45, 2.75) is 31.2 Å². The van der Waals surface area contributed by atoms with Crippen molar-refractivity contribution in [2.75, 3.05) is 22.8 Å². The van der Waals surface area contributed by atoms with Gasteiger partial charge < -0.3 is 14.8 Å². The third-order valence-electron chi connectivity index (χ3n) is 5.87. The summed E-state index contributed by atoms with van der Waals surface area (Å²) in [5.41, 5.74) is 3.50. The highest BCUT2D eigenvalue weighted by Crippen LogP contribution is 2.38. The highest BCUT2D eigenvalue weighted by molar-refractivity contribution is 7.92. The fourth-order valence-electron chi connectivity index (χ4n) is 4.26. The quantitative estimate of drug-likeness (QED) is 0.627. The van der Waals surface area contributed by atoms with Crippen molar-refractivity contribution in [3.63, 3.8) is 0 Å². The third kappa shape index (κ3) is 3.91. The fourth-order valence-corrected chi connectivity index (χ4v) is 5.95. The topological polar surface area (TPSA) is 84.9 Å². The summed E-state index contributed by atoms with van der Waals surface area (Å²) >= 11 is 0. The van der Waals surface area contributed by atoms with Gasteiger partial charge in [0.15, 0.2) is 11.5 Å². The molecule has 7 nitrogen and oxygen atoms in total. The van der Waals surface area contributed by atoms with Crippen molar-refractivity contribution in [1.82, 2.24) is 0 Å². The van der Waals surface area contributed by atoms with Gasteiger partial charge in [0.25, 0.3) is 15.9 Å². The van der Waals surface area contributed by atoms with Crippen LogP contribution in [0.25, 0.3) is 0 Å². The van der Waals surface area contributed by atoms with Gasteiger partial charge >= 0.3 is 0 Å². The minimum Gasteiger partial charge on any atom is -0.486 e. The average Bonchev–Trinajstić information content (AvgIpc) is 3.15. The van der Waals surface area contributed by atoms with E-state index in [1.54, 1.807) is 60.7 Å². The second kappa shape index (κ2) is 8.12. The van der Waals surface area contributed by atoms with Crippen LogP contribution in [0.3, 0.4) is 0 Å². The minimum atomic E-state index is -3.70. The monoisotopic (exact) mass is 464 g/mol. The second-order valence-electron chi connectivity index (χ2n) is 8.32. The summed E-state index contributed by atoms with van der Waals surface area (Å²) in [5.74, 6) is 0.974. The Hall–Kier alpha value is -3.52. The molecule has 2 aliphatic heterocycles. The molecule has 8 heteroatoms. The van der Waals surface area contributed by atoms with E-state index >= 15 is 0 Å². The van der Waals surface area contributed by atoms with E-state index in [-0.39, 0.29) is 16.8 Å². The molecule has 0 fully saturated rings. The molecule has 0 aliphatic carbocycles. The van der Waals surface area contributed by atoms with E-state index in [9.17, 15) is 13.2 Å². The molecule has 1 amide bonds. The number of anilines is 2. The van der Waals surface area contributed by atoms with E-state index in [0.29, 0.717) is 48.1 Å². The van der Waals surface area contributed by atoms with Crippen LogP contribution < -0.4 is 19.1 Å². The zero-order chi connectivity index (χ0) is 23.2. The van der Waals surface area contributed by atoms with Crippen molar-refractivity contribution < 1.29 is 22.7 Å². The first-order chi connectivity index (χ1) is 15.8. The predicted octanol–water partition coefficient (Wildman–Crippen LogP) is 4.16. The van der Waals surface area contributed by atoms with Gasteiger partial charge in [0, 0.05) is 23.4 Å². The molecule has 2 aliphatic rings. The number of amides is 1. The van der Waals surface area contributed by atoms with Crippen molar-refractivity contribution in [3.05, 3.63) is 77.4 Å². The van der Waals surface area contributed by atoms with Gasteiger partial charge in [0.05, 0.1) is 10.6 Å². The van der Waals surface area contributed by atoms with E-state index in [1.165, 1.54) is 4.31 Å². The molecule has 2 heterocycles. The highest BCUT2D eigenvalue weighted by atomic mass is 32.2. The van der Waals surface area contributed by atoms with Crippen LogP contribution in [-0.4, -0.2) is 33.6 Å². The van der Waals surface area contributed by atoms with Gasteiger partial charge in [0.1, 0.15) is 13.2 Å². The van der Waals surface area contributed by atoms with Crippen LogP contribution in [0.1, 0.15) is 28.4 Å². The number of fused-ring (bicyclic) bond motifs is 2. The standard InChI is InChI=1S/C25H24N2O5S/c1-16-3-7-21(8-4-16)33(29,30)27-17(2)13-19-14-18(5-9-22(19)27)25(28)26-20-6-10-23-24(15-20)32-12-11-31-23/h3-10,14-15,17H,11-13H2,1-2H3,(H,26,28)/t17-/m1/s1. The third-order valence-corrected chi connectivity index (χ3v) is 7.81. The Kier molecular flexibility index (Phi) is 5.25. The smallest absolute Gasteiger partial charge is 0.264 e. The summed E-state index contributed by atoms with van der Waals surface area (Å²) in [4.78, 5) is 13.1. The van der Waals surface area contributed by atoms with E-state index in [1.807, 2.05) is 13.8 Å². The molecule has 1 N–H and O–H groups in total. The molecule has 0 aromatic heterocycles. The molecule has 0 radical (unpaired) electrons. The molecule has 0 saturated carbocycles. The van der Waals surface area contributed by atoms with Crippen LogP contribution in [0.15, 0.2) is 65.6 Å². The Morgan fingerprint density at radius 3 is 2.45 bits per heavy atom. The Balaban J connectivity index is 1.39. The number of carbonyl (C=O) groups excluding carboxylic acids is 1. The van der Waals surface area contributed by atoms with E-state index in [2.05, 4.69) is 5.32 Å². The lowest BCUT2D eigenvalue weighted by molar-refractivity contribution is 0.102. The maximum absolute atomic E-state index is 13.3. The number of aryl methyl sites for hydroxylation is 1. The number of nitrogens with zero attached hydrogens (tertiary/aromatic N) is 1. The normalized spacial score (nSPS) is 16.9. The van der Waals surface area contributed by atoms with Gasteiger partial charge in [-0.15, -0.1) is 0 Å². The van der Waals surface area contributed by atoms with Crippen molar-refractivity contribution in [3.8, 4) is 11.5 Å². The summed E-state index contributed by atoms with van der Waals surface area (Å²) < 4.78 is 39.2. The molecule has 3 aromatic carbocycles. The van der Waals surface area contributed by atoms with Gasteiger partial charge in [-0.3, -0.25) is 9.10 Å². The minimum absolute atomic E-state index is 0.248. The average molecular weight is 465 g/mol. The number of sulfonamides is 1. The number of hydrogen-bond acceptors (Lipinski definition) is 5. The second-order valence-corrected chi connectivity index (χ2v) is 10.1. The fraction of sp³-hybridized carbons (Fsp3) is 0.240. The summed E-state index contributed by atoms with van der Waals surface area (Å²) in [6.45, 7) is 4.76. The molecule has 3 aromatic rings. The Morgan fingerprint density at radius 2 is 1.70 bits per heavy atom. The van der Waals surface area contributed by atoms with Gasteiger partial charge in [-0.2, -0.15) is 0 Å². The Bertz CT molecular complexity index is 1340. The lowest BCUT2D eigenvalue weighted by atomic mass is 10.1. The molecular weight excluding hydrogens is 440 g/mol. The molecule has 0 unspecified atom stereocenters. The van der Waals surface area contributed by atoms with Gasteiger partial charge in [-0.05, 0) is 68.3 Å². The molecule has 5 rings (SSSR count). The van der Waals surface area contributed by atoms with Crippen LogP contribution in [-0.2, 0) is 16.4 Å². The van der Waals surface area contributed by atoms with E-state index < -0.39 is 10.0 Å². The first kappa shape index (κ1) is 21.3. The van der Waals surface area contributed by atoms with Gasteiger partial charge in [0.2, 0.25) is 0 Å². The van der Waals surface area contributed by atoms with Gasteiger partial charge in [-0.1, -0.05) is 17.7 Å². The number of rotatable bonds is 4. The molecule has 33 heavy (non-hydrogen) atoms. The first-order valence-corrected chi connectivity index (χ1v) is 12.2. The summed E-state index contributed by atoms with van der Waals surface area (Å²) in [7, 11) is -3.70. The van der Waals surface area contributed by atoms with Gasteiger partial charge in [-0.25, -0.2) is 8.42 Å². The summed E-state index contributed by atoms with van der Waals surface area (Å²) in [6.07, 6.45) is 0.533. The molecule has 0 spiro atoms. The molecule has 0 bridgehead atoms. The van der Waals surface area contributed by atoms with Crippen molar-refractivity contribution >= 4 is 27.3 Å². The summed E-state index contributed by atoms with van der Waals surface area (Å²) in [5, 5.41) is 2.88. The lowest BCUT2D eigenvalue weighted by Crippen LogP contribution is -2.35. The zero-order valence-corrected chi connectivity index (χ0v) is 19.2. The van der Waals surface area contributed by atoms with Crippen LogP contribution >= 0.6 is 0 Å². The molecule has 1 atom stereocenters. The predicted molar refractivity (Wildman–Crippen MR) is 126 cm³/mol. The van der Waals surface area contributed by atoms with Crippen LogP contribution in [0.4, 0.5) is 11.4 Å². The number of nitrogens with one attached hydrogen (secondary N) is 1. The molecule has 0 saturated heterocycles.